The summed E-state index contributed by atoms with van der Waals surface area (Å²) in [5.74, 6) is -2.12. The van der Waals surface area contributed by atoms with E-state index in [1.807, 2.05) is 24.3 Å². The number of nitrogens with zero attached hydrogens (tertiary/aromatic N) is 4. The van der Waals surface area contributed by atoms with Crippen molar-refractivity contribution in [2.75, 3.05) is 18.0 Å². The molecular formula is C22H15F3N4. The SMILES string of the molecule is Fc1ccc(-c2ccc3c(N4CC(F)(F)C4)nc(-c4cccnc4)nc3c2)cc1. The van der Waals surface area contributed by atoms with Gasteiger partial charge in [-0.05, 0) is 47.5 Å². The number of pyridine rings is 1. The highest BCUT2D eigenvalue weighted by Gasteiger charge is 2.45. The van der Waals surface area contributed by atoms with E-state index in [2.05, 4.69) is 15.0 Å². The fraction of sp³-hybridized carbons (Fsp3) is 0.136. The Balaban J connectivity index is 1.67. The molecule has 3 heterocycles. The molecule has 0 atom stereocenters. The van der Waals surface area contributed by atoms with E-state index >= 15 is 0 Å². The Morgan fingerprint density at radius 2 is 1.62 bits per heavy atom. The molecule has 0 spiro atoms. The van der Waals surface area contributed by atoms with E-state index in [0.29, 0.717) is 28.1 Å². The lowest BCUT2D eigenvalue weighted by Gasteiger charge is -2.40. The second-order valence-corrected chi connectivity index (χ2v) is 7.06. The maximum absolute atomic E-state index is 13.5. The van der Waals surface area contributed by atoms with Crippen molar-refractivity contribution in [3.8, 4) is 22.5 Å². The first-order chi connectivity index (χ1) is 14.0. The first-order valence-electron chi connectivity index (χ1n) is 9.09. The Morgan fingerprint density at radius 1 is 0.862 bits per heavy atom. The quantitative estimate of drug-likeness (QED) is 0.495. The van der Waals surface area contributed by atoms with E-state index in [-0.39, 0.29) is 18.9 Å². The van der Waals surface area contributed by atoms with Gasteiger partial charge in [0.25, 0.3) is 5.92 Å². The highest BCUT2D eigenvalue weighted by molar-refractivity contribution is 5.94. The zero-order valence-electron chi connectivity index (χ0n) is 15.2. The van der Waals surface area contributed by atoms with Crippen LogP contribution in [0.1, 0.15) is 0 Å². The minimum absolute atomic E-state index is 0.309. The van der Waals surface area contributed by atoms with Crippen LogP contribution in [0.4, 0.5) is 19.0 Å². The molecule has 0 unspecified atom stereocenters. The highest BCUT2D eigenvalue weighted by Crippen LogP contribution is 2.36. The van der Waals surface area contributed by atoms with E-state index in [4.69, 9.17) is 0 Å². The molecule has 7 heteroatoms. The second-order valence-electron chi connectivity index (χ2n) is 7.06. The summed E-state index contributed by atoms with van der Waals surface area (Å²) in [5.41, 5.74) is 3.03. The van der Waals surface area contributed by atoms with Crippen LogP contribution in [0.5, 0.6) is 0 Å². The van der Waals surface area contributed by atoms with Crippen molar-refractivity contribution in [3.63, 3.8) is 0 Å². The Labute approximate surface area is 164 Å². The molecule has 2 aromatic carbocycles. The molecule has 4 nitrogen and oxygen atoms in total. The number of benzene rings is 2. The fourth-order valence-electron chi connectivity index (χ4n) is 3.46. The Morgan fingerprint density at radius 3 is 2.31 bits per heavy atom. The van der Waals surface area contributed by atoms with Crippen LogP contribution in [-0.4, -0.2) is 34.0 Å². The van der Waals surface area contributed by atoms with Gasteiger partial charge in [-0.2, -0.15) is 0 Å². The lowest BCUT2D eigenvalue weighted by atomic mass is 10.0. The van der Waals surface area contributed by atoms with Crippen LogP contribution in [0.15, 0.2) is 67.0 Å². The van der Waals surface area contributed by atoms with E-state index in [9.17, 15) is 13.2 Å². The van der Waals surface area contributed by atoms with Gasteiger partial charge in [0.15, 0.2) is 5.82 Å². The second kappa shape index (κ2) is 6.55. The van der Waals surface area contributed by atoms with Crippen molar-refractivity contribution in [1.29, 1.82) is 0 Å². The minimum Gasteiger partial charge on any atom is -0.344 e. The summed E-state index contributed by atoms with van der Waals surface area (Å²) in [7, 11) is 0. The molecular weight excluding hydrogens is 377 g/mol. The predicted molar refractivity (Wildman–Crippen MR) is 105 cm³/mol. The predicted octanol–water partition coefficient (Wildman–Crippen LogP) is 4.95. The third-order valence-electron chi connectivity index (χ3n) is 4.92. The fourth-order valence-corrected chi connectivity index (χ4v) is 3.46. The molecule has 0 bridgehead atoms. The molecule has 5 rings (SSSR count). The number of fused-ring (bicyclic) bond motifs is 1. The number of aromatic nitrogens is 3. The van der Waals surface area contributed by atoms with Gasteiger partial charge in [-0.15, -0.1) is 0 Å². The van der Waals surface area contributed by atoms with Crippen LogP contribution in [-0.2, 0) is 0 Å². The van der Waals surface area contributed by atoms with E-state index in [1.54, 1.807) is 35.5 Å². The van der Waals surface area contributed by atoms with E-state index < -0.39 is 5.92 Å². The summed E-state index contributed by atoms with van der Waals surface area (Å²) in [6.45, 7) is -0.739. The molecule has 1 aliphatic rings. The van der Waals surface area contributed by atoms with Crippen molar-refractivity contribution < 1.29 is 13.2 Å². The van der Waals surface area contributed by atoms with Gasteiger partial charge < -0.3 is 4.90 Å². The molecule has 1 saturated heterocycles. The van der Waals surface area contributed by atoms with E-state index in [0.717, 1.165) is 11.1 Å². The van der Waals surface area contributed by atoms with Gasteiger partial charge in [-0.1, -0.05) is 18.2 Å². The van der Waals surface area contributed by atoms with Gasteiger partial charge in [-0.3, -0.25) is 4.98 Å². The number of hydrogen-bond donors (Lipinski definition) is 0. The number of anilines is 1. The van der Waals surface area contributed by atoms with Gasteiger partial charge in [0, 0.05) is 23.3 Å². The minimum atomic E-state index is -2.71. The zero-order valence-corrected chi connectivity index (χ0v) is 15.2. The zero-order chi connectivity index (χ0) is 20.0. The van der Waals surface area contributed by atoms with Gasteiger partial charge in [-0.25, -0.2) is 23.1 Å². The smallest absolute Gasteiger partial charge is 0.282 e. The molecule has 0 saturated carbocycles. The molecule has 29 heavy (non-hydrogen) atoms. The summed E-state index contributed by atoms with van der Waals surface area (Å²) in [5, 5.41) is 0.694. The maximum Gasteiger partial charge on any atom is 0.282 e. The molecule has 0 N–H and O–H groups in total. The van der Waals surface area contributed by atoms with Crippen LogP contribution < -0.4 is 4.90 Å². The van der Waals surface area contributed by atoms with E-state index in [1.165, 1.54) is 12.1 Å². The number of halogens is 3. The van der Waals surface area contributed by atoms with Crippen LogP contribution in [0.2, 0.25) is 0 Å². The van der Waals surface area contributed by atoms with Crippen molar-refractivity contribution in [2.45, 2.75) is 5.92 Å². The average molecular weight is 392 g/mol. The van der Waals surface area contributed by atoms with Gasteiger partial charge in [0.05, 0.1) is 18.6 Å². The average Bonchev–Trinajstić information content (AvgIpc) is 2.72. The summed E-state index contributed by atoms with van der Waals surface area (Å²) in [4.78, 5) is 14.9. The Hall–Kier alpha value is -3.48. The standard InChI is InChI=1S/C22H15F3N4/c23-17-6-3-14(4-7-17)15-5-8-18-19(10-15)27-20(16-2-1-9-26-11-16)28-21(18)29-12-22(24,25)13-29/h1-11H,12-13H2. The molecule has 0 amide bonds. The number of alkyl halides is 2. The third kappa shape index (κ3) is 3.29. The van der Waals surface area contributed by atoms with Crippen LogP contribution in [0.3, 0.4) is 0 Å². The maximum atomic E-state index is 13.5. The van der Waals surface area contributed by atoms with Crippen LogP contribution in [0, 0.1) is 5.82 Å². The number of rotatable bonds is 3. The monoisotopic (exact) mass is 392 g/mol. The van der Waals surface area contributed by atoms with Gasteiger partial charge >= 0.3 is 0 Å². The van der Waals surface area contributed by atoms with Crippen molar-refractivity contribution in [3.05, 3.63) is 72.8 Å². The first kappa shape index (κ1) is 17.6. The molecule has 0 aliphatic carbocycles. The molecule has 1 aliphatic heterocycles. The van der Waals surface area contributed by atoms with Crippen molar-refractivity contribution >= 4 is 16.7 Å². The lowest BCUT2D eigenvalue weighted by Crippen LogP contribution is -2.56. The summed E-state index contributed by atoms with van der Waals surface area (Å²) >= 11 is 0. The van der Waals surface area contributed by atoms with Gasteiger partial charge in [0.2, 0.25) is 0 Å². The Bertz CT molecular complexity index is 1190. The summed E-state index contributed by atoms with van der Waals surface area (Å²) in [6, 6.07) is 15.3. The van der Waals surface area contributed by atoms with Crippen LogP contribution >= 0.6 is 0 Å². The van der Waals surface area contributed by atoms with Crippen LogP contribution in [0.25, 0.3) is 33.4 Å². The third-order valence-corrected chi connectivity index (χ3v) is 4.92. The normalized spacial score (nSPS) is 15.3. The summed E-state index contributed by atoms with van der Waals surface area (Å²) in [6.07, 6.45) is 3.29. The molecule has 4 aromatic rings. The first-order valence-corrected chi connectivity index (χ1v) is 9.09. The summed E-state index contributed by atoms with van der Waals surface area (Å²) < 4.78 is 40.2. The highest BCUT2D eigenvalue weighted by atomic mass is 19.3. The molecule has 2 aromatic heterocycles. The number of hydrogen-bond acceptors (Lipinski definition) is 4. The lowest BCUT2D eigenvalue weighted by molar-refractivity contribution is -0.0265. The van der Waals surface area contributed by atoms with Gasteiger partial charge in [0.1, 0.15) is 11.6 Å². The Kier molecular flexibility index (Phi) is 3.97. The van der Waals surface area contributed by atoms with Crippen molar-refractivity contribution in [2.24, 2.45) is 0 Å². The molecule has 1 fully saturated rings. The molecule has 144 valence electrons. The molecule has 0 radical (unpaired) electrons. The topological polar surface area (TPSA) is 41.9 Å². The largest absolute Gasteiger partial charge is 0.344 e. The van der Waals surface area contributed by atoms with Crippen molar-refractivity contribution in [1.82, 2.24) is 15.0 Å².